The summed E-state index contributed by atoms with van der Waals surface area (Å²) in [6, 6.07) is 11.4. The summed E-state index contributed by atoms with van der Waals surface area (Å²) < 4.78 is 32.5. The first-order chi connectivity index (χ1) is 13.1. The molecule has 28 heavy (non-hydrogen) atoms. The Balaban J connectivity index is 2.03. The summed E-state index contributed by atoms with van der Waals surface area (Å²) in [4.78, 5) is 23.3. The average Bonchev–Trinajstić information content (AvgIpc) is 2.61. The largest absolute Gasteiger partial charge is 0.457 e. The Morgan fingerprint density at radius 1 is 1.04 bits per heavy atom. The minimum absolute atomic E-state index is 0.0413. The summed E-state index contributed by atoms with van der Waals surface area (Å²) in [5, 5.41) is 3.00. The monoisotopic (exact) mass is 424 g/mol. The third-order valence-electron chi connectivity index (χ3n) is 3.81. The van der Waals surface area contributed by atoms with Gasteiger partial charge in [0.05, 0.1) is 4.90 Å². The molecule has 0 aliphatic rings. The second kappa shape index (κ2) is 9.18. The maximum atomic E-state index is 12.5. The van der Waals surface area contributed by atoms with Gasteiger partial charge in [0, 0.05) is 23.2 Å². The third-order valence-corrected chi connectivity index (χ3v) is 5.71. The lowest BCUT2D eigenvalue weighted by molar-refractivity contribution is -0.150. The standard InChI is InChI=1S/C19H21ClN2O5S/c1-12(19(24)27-13(2)17-6-4-5-7-18(17)20)22-28(25,26)16-10-8-15(9-11-16)21-14(3)23/h4-13,22H,1-3H3,(H,21,23)/t12-,13-/m1/s1. The van der Waals surface area contributed by atoms with Crippen molar-refractivity contribution in [2.24, 2.45) is 0 Å². The maximum Gasteiger partial charge on any atom is 0.324 e. The van der Waals surface area contributed by atoms with Crippen molar-refractivity contribution in [3.05, 3.63) is 59.1 Å². The molecular weight excluding hydrogens is 404 g/mol. The predicted molar refractivity (Wildman–Crippen MR) is 106 cm³/mol. The highest BCUT2D eigenvalue weighted by Gasteiger charge is 2.25. The Morgan fingerprint density at radius 3 is 2.21 bits per heavy atom. The van der Waals surface area contributed by atoms with Crippen molar-refractivity contribution >= 4 is 39.2 Å². The first-order valence-corrected chi connectivity index (χ1v) is 10.3. The van der Waals surface area contributed by atoms with Crippen LogP contribution in [0.15, 0.2) is 53.4 Å². The van der Waals surface area contributed by atoms with Crippen molar-refractivity contribution < 1.29 is 22.7 Å². The second-order valence-corrected chi connectivity index (χ2v) is 8.27. The smallest absolute Gasteiger partial charge is 0.324 e. The summed E-state index contributed by atoms with van der Waals surface area (Å²) in [5.74, 6) is -0.997. The summed E-state index contributed by atoms with van der Waals surface area (Å²) in [7, 11) is -3.95. The Morgan fingerprint density at radius 2 is 1.64 bits per heavy atom. The van der Waals surface area contributed by atoms with Crippen molar-refractivity contribution in [1.82, 2.24) is 4.72 Å². The van der Waals surface area contributed by atoms with Crippen LogP contribution >= 0.6 is 11.6 Å². The highest BCUT2D eigenvalue weighted by molar-refractivity contribution is 7.89. The predicted octanol–water partition coefficient (Wildman–Crippen LogP) is 3.27. The van der Waals surface area contributed by atoms with Crippen LogP contribution in [0.25, 0.3) is 0 Å². The van der Waals surface area contributed by atoms with Crippen LogP contribution in [0.4, 0.5) is 5.69 Å². The molecule has 0 heterocycles. The van der Waals surface area contributed by atoms with E-state index < -0.39 is 28.1 Å². The van der Waals surface area contributed by atoms with E-state index in [1.165, 1.54) is 38.1 Å². The molecule has 0 saturated carbocycles. The number of nitrogens with one attached hydrogen (secondary N) is 2. The number of amides is 1. The summed E-state index contributed by atoms with van der Waals surface area (Å²) in [6.07, 6.45) is -0.634. The topological polar surface area (TPSA) is 102 Å². The van der Waals surface area contributed by atoms with Crippen LogP contribution in [-0.2, 0) is 24.3 Å². The molecule has 2 rings (SSSR count). The van der Waals surface area contributed by atoms with Gasteiger partial charge in [0.15, 0.2) is 0 Å². The molecular formula is C19H21ClN2O5S. The Kier molecular flexibility index (Phi) is 7.17. The van der Waals surface area contributed by atoms with Crippen LogP contribution in [0.2, 0.25) is 5.02 Å². The van der Waals surface area contributed by atoms with Crippen LogP contribution in [0.1, 0.15) is 32.4 Å². The quantitative estimate of drug-likeness (QED) is 0.664. The van der Waals surface area contributed by atoms with Crippen LogP contribution in [0.3, 0.4) is 0 Å². The Hall–Kier alpha value is -2.42. The number of sulfonamides is 1. The molecule has 0 aliphatic heterocycles. The minimum Gasteiger partial charge on any atom is -0.457 e. The van der Waals surface area contributed by atoms with Gasteiger partial charge in [0.2, 0.25) is 15.9 Å². The number of hydrogen-bond donors (Lipinski definition) is 2. The molecule has 0 saturated heterocycles. The summed E-state index contributed by atoms with van der Waals surface area (Å²) in [5.41, 5.74) is 1.09. The highest BCUT2D eigenvalue weighted by atomic mass is 35.5. The number of ether oxygens (including phenoxy) is 1. The van der Waals surface area contributed by atoms with Crippen LogP contribution in [-0.4, -0.2) is 26.3 Å². The number of halogens is 1. The lowest BCUT2D eigenvalue weighted by atomic mass is 10.1. The fraction of sp³-hybridized carbons (Fsp3) is 0.263. The number of esters is 1. The average molecular weight is 425 g/mol. The van der Waals surface area contributed by atoms with Gasteiger partial charge in [-0.05, 0) is 44.2 Å². The van der Waals surface area contributed by atoms with Gasteiger partial charge in [-0.1, -0.05) is 29.8 Å². The zero-order chi connectivity index (χ0) is 20.9. The molecule has 0 bridgehead atoms. The number of hydrogen-bond acceptors (Lipinski definition) is 5. The number of anilines is 1. The van der Waals surface area contributed by atoms with E-state index in [1.54, 1.807) is 31.2 Å². The number of carbonyl (C=O) groups excluding carboxylic acids is 2. The van der Waals surface area contributed by atoms with Gasteiger partial charge < -0.3 is 10.1 Å². The lowest BCUT2D eigenvalue weighted by Crippen LogP contribution is -2.39. The lowest BCUT2D eigenvalue weighted by Gasteiger charge is -2.19. The third kappa shape index (κ3) is 5.79. The van der Waals surface area contributed by atoms with E-state index in [1.807, 2.05) is 0 Å². The minimum atomic E-state index is -3.95. The van der Waals surface area contributed by atoms with Crippen LogP contribution in [0, 0.1) is 0 Å². The Bertz CT molecular complexity index is 961. The van der Waals surface area contributed by atoms with E-state index in [4.69, 9.17) is 16.3 Å². The summed E-state index contributed by atoms with van der Waals surface area (Å²) >= 11 is 6.08. The van der Waals surface area contributed by atoms with Crippen molar-refractivity contribution in [3.8, 4) is 0 Å². The van der Waals surface area contributed by atoms with Gasteiger partial charge >= 0.3 is 5.97 Å². The molecule has 0 fully saturated rings. The normalized spacial score (nSPS) is 13.4. The van der Waals surface area contributed by atoms with Gasteiger partial charge in [-0.25, -0.2) is 8.42 Å². The zero-order valence-electron chi connectivity index (χ0n) is 15.6. The molecule has 0 radical (unpaired) electrons. The molecule has 2 aromatic carbocycles. The zero-order valence-corrected chi connectivity index (χ0v) is 17.2. The number of benzene rings is 2. The van der Waals surface area contributed by atoms with Gasteiger partial charge in [0.1, 0.15) is 12.1 Å². The van der Waals surface area contributed by atoms with Crippen molar-refractivity contribution in [1.29, 1.82) is 0 Å². The van der Waals surface area contributed by atoms with Gasteiger partial charge in [-0.3, -0.25) is 9.59 Å². The second-order valence-electron chi connectivity index (χ2n) is 6.15. The van der Waals surface area contributed by atoms with Crippen molar-refractivity contribution in [3.63, 3.8) is 0 Å². The SMILES string of the molecule is CC(=O)Nc1ccc(S(=O)(=O)N[C@H](C)C(=O)O[C@H](C)c2ccccc2Cl)cc1. The van der Waals surface area contributed by atoms with Crippen molar-refractivity contribution in [2.75, 3.05) is 5.32 Å². The molecule has 0 unspecified atom stereocenters. The van der Waals surface area contributed by atoms with Gasteiger partial charge in [0.25, 0.3) is 0 Å². The summed E-state index contributed by atoms with van der Waals surface area (Å²) in [6.45, 7) is 4.40. The molecule has 0 aliphatic carbocycles. The first-order valence-electron chi connectivity index (χ1n) is 8.45. The molecule has 1 amide bonds. The van der Waals surface area contributed by atoms with Gasteiger partial charge in [-0.15, -0.1) is 0 Å². The maximum absolute atomic E-state index is 12.5. The number of carbonyl (C=O) groups is 2. The number of rotatable bonds is 7. The molecule has 150 valence electrons. The molecule has 2 N–H and O–H groups in total. The highest BCUT2D eigenvalue weighted by Crippen LogP contribution is 2.25. The van der Waals surface area contributed by atoms with E-state index in [-0.39, 0.29) is 10.8 Å². The molecule has 0 spiro atoms. The van der Waals surface area contributed by atoms with E-state index in [0.717, 1.165) is 0 Å². The van der Waals surface area contributed by atoms with E-state index >= 15 is 0 Å². The van der Waals surface area contributed by atoms with E-state index in [0.29, 0.717) is 16.3 Å². The fourth-order valence-electron chi connectivity index (χ4n) is 2.41. The first kappa shape index (κ1) is 21.9. The van der Waals surface area contributed by atoms with Gasteiger partial charge in [-0.2, -0.15) is 4.72 Å². The van der Waals surface area contributed by atoms with Crippen LogP contribution < -0.4 is 10.0 Å². The Labute approximate surface area is 169 Å². The molecule has 9 heteroatoms. The van der Waals surface area contributed by atoms with Crippen molar-refractivity contribution in [2.45, 2.75) is 37.8 Å². The molecule has 2 atom stereocenters. The molecule has 2 aromatic rings. The molecule has 0 aromatic heterocycles. The van der Waals surface area contributed by atoms with Crippen LogP contribution in [0.5, 0.6) is 0 Å². The molecule has 7 nitrogen and oxygen atoms in total. The van der Waals surface area contributed by atoms with E-state index in [2.05, 4.69) is 10.0 Å². The van der Waals surface area contributed by atoms with E-state index in [9.17, 15) is 18.0 Å². The fourth-order valence-corrected chi connectivity index (χ4v) is 3.90.